The molecule has 0 radical (unpaired) electrons. The summed E-state index contributed by atoms with van der Waals surface area (Å²) in [7, 11) is -4.22. The first-order valence-corrected chi connectivity index (χ1v) is 13.5. The van der Waals surface area contributed by atoms with Gasteiger partial charge in [-0.3, -0.25) is 4.79 Å². The number of amides is 1. The monoisotopic (exact) mass is 524 g/mol. The standard InChI is InChI=1S/C26H24N2O6S2/c1-16-11-12-17(2)23(13-16)36(31,32)34-21-9-5-3-8-19(21)26(30)33-15-24(29)28-25-20(14-27)18-7-4-6-10-22(18)35-25/h3,5,8-9,11-13H,4,6-7,10,15H2,1-2H3,(H,28,29). The fourth-order valence-corrected chi connectivity index (χ4v) is 6.51. The Morgan fingerprint density at radius 3 is 2.64 bits per heavy atom. The van der Waals surface area contributed by atoms with Crippen molar-refractivity contribution in [3.05, 3.63) is 75.2 Å². The average molecular weight is 525 g/mol. The first-order chi connectivity index (χ1) is 17.2. The third-order valence-electron chi connectivity index (χ3n) is 5.79. The second-order valence-electron chi connectivity index (χ2n) is 8.45. The molecule has 1 heterocycles. The number of thiophene rings is 1. The molecule has 1 amide bonds. The maximum atomic E-state index is 12.9. The molecule has 186 valence electrons. The number of aryl methyl sites for hydroxylation is 3. The second kappa shape index (κ2) is 10.5. The smallest absolute Gasteiger partial charge is 0.342 e. The molecule has 0 saturated carbocycles. The van der Waals surface area contributed by atoms with Gasteiger partial charge in [0.2, 0.25) is 0 Å². The molecule has 3 aromatic rings. The van der Waals surface area contributed by atoms with Crippen molar-refractivity contribution < 1.29 is 26.9 Å². The molecule has 0 bridgehead atoms. The summed E-state index contributed by atoms with van der Waals surface area (Å²) in [6.45, 7) is 2.81. The number of carbonyl (C=O) groups is 2. The predicted molar refractivity (Wildman–Crippen MR) is 135 cm³/mol. The Balaban J connectivity index is 1.45. The minimum Gasteiger partial charge on any atom is -0.452 e. The number of carbonyl (C=O) groups excluding carboxylic acids is 2. The first-order valence-electron chi connectivity index (χ1n) is 11.3. The average Bonchev–Trinajstić information content (AvgIpc) is 3.20. The van der Waals surface area contributed by atoms with Crippen LogP contribution in [0.2, 0.25) is 0 Å². The second-order valence-corrected chi connectivity index (χ2v) is 11.1. The van der Waals surface area contributed by atoms with E-state index in [1.807, 2.05) is 0 Å². The molecule has 1 N–H and O–H groups in total. The summed E-state index contributed by atoms with van der Waals surface area (Å²) in [6.07, 6.45) is 3.73. The Kier molecular flexibility index (Phi) is 7.43. The fraction of sp³-hybridized carbons (Fsp3) is 0.269. The van der Waals surface area contributed by atoms with Gasteiger partial charge in [0.15, 0.2) is 12.4 Å². The van der Waals surface area contributed by atoms with Gasteiger partial charge < -0.3 is 14.2 Å². The lowest BCUT2D eigenvalue weighted by Gasteiger charge is -2.13. The zero-order valence-electron chi connectivity index (χ0n) is 19.8. The van der Waals surface area contributed by atoms with Gasteiger partial charge >= 0.3 is 16.1 Å². The molecule has 0 saturated heterocycles. The molecular weight excluding hydrogens is 500 g/mol. The van der Waals surface area contributed by atoms with E-state index >= 15 is 0 Å². The van der Waals surface area contributed by atoms with Gasteiger partial charge in [-0.15, -0.1) is 11.3 Å². The Morgan fingerprint density at radius 2 is 1.86 bits per heavy atom. The summed E-state index contributed by atoms with van der Waals surface area (Å²) in [5.74, 6) is -1.72. The number of fused-ring (bicyclic) bond motifs is 1. The number of nitriles is 1. The summed E-state index contributed by atoms with van der Waals surface area (Å²) in [4.78, 5) is 26.3. The molecule has 8 nitrogen and oxygen atoms in total. The molecule has 0 atom stereocenters. The SMILES string of the molecule is Cc1ccc(C)c(S(=O)(=O)Oc2ccccc2C(=O)OCC(=O)Nc2sc3c(c2C#N)CCCC3)c1. The van der Waals surface area contributed by atoms with E-state index in [0.717, 1.165) is 41.7 Å². The lowest BCUT2D eigenvalue weighted by Crippen LogP contribution is -2.21. The first kappa shape index (κ1) is 25.4. The van der Waals surface area contributed by atoms with Crippen LogP contribution in [0.1, 0.15) is 50.3 Å². The fourth-order valence-electron chi connectivity index (χ4n) is 3.99. The number of rotatable bonds is 7. The van der Waals surface area contributed by atoms with E-state index < -0.39 is 28.6 Å². The van der Waals surface area contributed by atoms with Gasteiger partial charge in [0.25, 0.3) is 5.91 Å². The van der Waals surface area contributed by atoms with E-state index in [0.29, 0.717) is 16.1 Å². The van der Waals surface area contributed by atoms with E-state index in [-0.39, 0.29) is 16.2 Å². The minimum absolute atomic E-state index is 0.00279. The molecule has 1 aliphatic carbocycles. The molecule has 0 fully saturated rings. The number of para-hydroxylation sites is 1. The molecule has 0 aliphatic heterocycles. The number of benzene rings is 2. The zero-order valence-corrected chi connectivity index (χ0v) is 21.4. The summed E-state index contributed by atoms with van der Waals surface area (Å²) >= 11 is 1.37. The van der Waals surface area contributed by atoms with Crippen molar-refractivity contribution in [3.63, 3.8) is 0 Å². The highest BCUT2D eigenvalue weighted by atomic mass is 32.2. The van der Waals surface area contributed by atoms with Crippen molar-refractivity contribution in [2.45, 2.75) is 44.4 Å². The van der Waals surface area contributed by atoms with Crippen molar-refractivity contribution >= 4 is 38.3 Å². The highest BCUT2D eigenvalue weighted by Gasteiger charge is 2.25. The normalized spacial score (nSPS) is 12.8. The zero-order chi connectivity index (χ0) is 25.9. The van der Waals surface area contributed by atoms with Crippen molar-refractivity contribution in [2.75, 3.05) is 11.9 Å². The summed E-state index contributed by atoms with van der Waals surface area (Å²) < 4.78 is 36.2. The molecule has 4 rings (SSSR count). The maximum Gasteiger partial charge on any atom is 0.342 e. The third-order valence-corrected chi connectivity index (χ3v) is 8.37. The van der Waals surface area contributed by atoms with Crippen molar-refractivity contribution in [2.24, 2.45) is 0 Å². The van der Waals surface area contributed by atoms with Crippen LogP contribution in [-0.4, -0.2) is 26.9 Å². The predicted octanol–water partition coefficient (Wildman–Crippen LogP) is 4.68. The Bertz CT molecular complexity index is 1480. The molecule has 36 heavy (non-hydrogen) atoms. The van der Waals surface area contributed by atoms with Gasteiger partial charge in [0.1, 0.15) is 21.5 Å². The van der Waals surface area contributed by atoms with E-state index in [1.165, 1.54) is 41.7 Å². The van der Waals surface area contributed by atoms with Crippen LogP contribution in [0.15, 0.2) is 47.4 Å². The van der Waals surface area contributed by atoms with Crippen LogP contribution in [0, 0.1) is 25.2 Å². The number of ether oxygens (including phenoxy) is 1. The number of hydrogen-bond donors (Lipinski definition) is 1. The van der Waals surface area contributed by atoms with Crippen LogP contribution < -0.4 is 9.50 Å². The van der Waals surface area contributed by atoms with Gasteiger partial charge in [0, 0.05) is 4.88 Å². The number of nitrogens with one attached hydrogen (secondary N) is 1. The molecule has 10 heteroatoms. The minimum atomic E-state index is -4.22. The topological polar surface area (TPSA) is 123 Å². The van der Waals surface area contributed by atoms with Crippen LogP contribution in [0.5, 0.6) is 5.75 Å². The molecule has 0 unspecified atom stereocenters. The van der Waals surface area contributed by atoms with Crippen LogP contribution in [0.25, 0.3) is 0 Å². The Hall–Kier alpha value is -3.68. The van der Waals surface area contributed by atoms with Gasteiger partial charge in [0.05, 0.1) is 5.56 Å². The molecule has 1 aliphatic rings. The van der Waals surface area contributed by atoms with Crippen LogP contribution >= 0.6 is 11.3 Å². The van der Waals surface area contributed by atoms with Crippen molar-refractivity contribution in [1.29, 1.82) is 5.26 Å². The molecule has 2 aromatic carbocycles. The lowest BCUT2D eigenvalue weighted by atomic mass is 9.96. The van der Waals surface area contributed by atoms with Gasteiger partial charge in [-0.1, -0.05) is 24.3 Å². The van der Waals surface area contributed by atoms with E-state index in [9.17, 15) is 23.3 Å². The van der Waals surface area contributed by atoms with Crippen molar-refractivity contribution in [1.82, 2.24) is 0 Å². The highest BCUT2D eigenvalue weighted by Crippen LogP contribution is 2.37. The van der Waals surface area contributed by atoms with Gasteiger partial charge in [-0.05, 0) is 74.4 Å². The van der Waals surface area contributed by atoms with Crippen LogP contribution in [0.4, 0.5) is 5.00 Å². The molecule has 0 spiro atoms. The number of nitrogens with zero attached hydrogens (tertiary/aromatic N) is 1. The van der Waals surface area contributed by atoms with Crippen LogP contribution in [0.3, 0.4) is 0 Å². The summed E-state index contributed by atoms with van der Waals surface area (Å²) in [5.41, 5.74) is 2.56. The lowest BCUT2D eigenvalue weighted by molar-refractivity contribution is -0.119. The van der Waals surface area contributed by atoms with E-state index in [4.69, 9.17) is 8.92 Å². The summed E-state index contributed by atoms with van der Waals surface area (Å²) in [6, 6.07) is 12.9. The molecular formula is C26H24N2O6S2. The van der Waals surface area contributed by atoms with Gasteiger partial charge in [-0.2, -0.15) is 13.7 Å². The number of esters is 1. The molecule has 1 aromatic heterocycles. The number of hydrogen-bond acceptors (Lipinski definition) is 8. The van der Waals surface area contributed by atoms with Crippen LogP contribution in [-0.2, 0) is 32.5 Å². The highest BCUT2D eigenvalue weighted by molar-refractivity contribution is 7.87. The third kappa shape index (κ3) is 5.42. The Morgan fingerprint density at radius 1 is 1.11 bits per heavy atom. The van der Waals surface area contributed by atoms with E-state index in [2.05, 4.69) is 11.4 Å². The van der Waals surface area contributed by atoms with Gasteiger partial charge in [-0.25, -0.2) is 4.79 Å². The van der Waals surface area contributed by atoms with E-state index in [1.54, 1.807) is 26.0 Å². The largest absolute Gasteiger partial charge is 0.452 e. The number of anilines is 1. The van der Waals surface area contributed by atoms with Crippen molar-refractivity contribution in [3.8, 4) is 11.8 Å². The summed E-state index contributed by atoms with van der Waals surface area (Å²) in [5, 5.41) is 12.7. The Labute approximate surface area is 213 Å². The quantitative estimate of drug-likeness (QED) is 0.352. The maximum absolute atomic E-state index is 12.9.